The van der Waals surface area contributed by atoms with Gasteiger partial charge in [0.2, 0.25) is 5.82 Å². The number of aliphatic carboxylic acids is 1. The Balaban J connectivity index is 2.06. The van der Waals surface area contributed by atoms with Crippen molar-refractivity contribution in [3.8, 4) is 5.69 Å². The van der Waals surface area contributed by atoms with Crippen molar-refractivity contribution in [2.24, 2.45) is 5.92 Å². The predicted molar refractivity (Wildman–Crippen MR) is 79.8 cm³/mol. The lowest BCUT2D eigenvalue weighted by Gasteiger charge is -2.08. The predicted octanol–water partition coefficient (Wildman–Crippen LogP) is 1.56. The summed E-state index contributed by atoms with van der Waals surface area (Å²) in [5.41, 5.74) is 0.592. The van der Waals surface area contributed by atoms with Crippen LogP contribution in [0.15, 0.2) is 24.3 Å². The summed E-state index contributed by atoms with van der Waals surface area (Å²) in [5, 5.41) is 15.4. The van der Waals surface area contributed by atoms with E-state index in [1.807, 2.05) is 0 Å². The molecule has 0 saturated heterocycles. The first-order valence-electron chi connectivity index (χ1n) is 7.06. The van der Waals surface area contributed by atoms with Gasteiger partial charge in [-0.05, 0) is 37.1 Å². The minimum Gasteiger partial charge on any atom is -0.481 e. The summed E-state index contributed by atoms with van der Waals surface area (Å²) in [5.74, 6) is -1.49. The zero-order valence-electron chi connectivity index (χ0n) is 12.8. The normalized spacial score (nSPS) is 12.0. The zero-order chi connectivity index (χ0) is 17.0. The van der Waals surface area contributed by atoms with E-state index in [1.165, 1.54) is 28.9 Å². The average Bonchev–Trinajstić information content (AvgIpc) is 2.87. The summed E-state index contributed by atoms with van der Waals surface area (Å²) in [4.78, 5) is 26.7. The van der Waals surface area contributed by atoms with Crippen molar-refractivity contribution in [1.82, 2.24) is 20.1 Å². The minimum absolute atomic E-state index is 0.0191. The van der Waals surface area contributed by atoms with Crippen LogP contribution in [0.1, 0.15) is 29.8 Å². The van der Waals surface area contributed by atoms with E-state index in [0.717, 1.165) is 0 Å². The first kappa shape index (κ1) is 16.6. The minimum atomic E-state index is -0.915. The number of hydrogen-bond acceptors (Lipinski definition) is 4. The highest BCUT2D eigenvalue weighted by Crippen LogP contribution is 2.10. The quantitative estimate of drug-likeness (QED) is 0.842. The van der Waals surface area contributed by atoms with Crippen molar-refractivity contribution in [2.75, 3.05) is 6.54 Å². The van der Waals surface area contributed by atoms with Gasteiger partial charge in [-0.15, -0.1) is 5.10 Å². The van der Waals surface area contributed by atoms with E-state index in [9.17, 15) is 14.0 Å². The van der Waals surface area contributed by atoms with Crippen LogP contribution >= 0.6 is 0 Å². The fourth-order valence-corrected chi connectivity index (χ4v) is 2.03. The van der Waals surface area contributed by atoms with Gasteiger partial charge in [0.1, 0.15) is 11.6 Å². The van der Waals surface area contributed by atoms with Crippen molar-refractivity contribution >= 4 is 11.9 Å². The molecule has 7 nitrogen and oxygen atoms in total. The van der Waals surface area contributed by atoms with Gasteiger partial charge in [0.05, 0.1) is 5.69 Å². The van der Waals surface area contributed by atoms with Crippen molar-refractivity contribution < 1.29 is 19.1 Å². The molecule has 0 saturated carbocycles. The van der Waals surface area contributed by atoms with E-state index >= 15 is 0 Å². The molecule has 1 atom stereocenters. The Morgan fingerprint density at radius 3 is 2.61 bits per heavy atom. The van der Waals surface area contributed by atoms with Gasteiger partial charge in [-0.3, -0.25) is 9.59 Å². The van der Waals surface area contributed by atoms with Gasteiger partial charge in [0.25, 0.3) is 5.91 Å². The molecule has 1 amide bonds. The molecule has 0 aliphatic carbocycles. The van der Waals surface area contributed by atoms with Crippen molar-refractivity contribution in [3.05, 3.63) is 41.7 Å². The Bertz CT molecular complexity index is 712. The lowest BCUT2D eigenvalue weighted by atomic mass is 10.1. The molecule has 8 heteroatoms. The second kappa shape index (κ2) is 6.99. The lowest BCUT2D eigenvalue weighted by molar-refractivity contribution is -0.137. The van der Waals surface area contributed by atoms with Gasteiger partial charge in [-0.2, -0.15) is 0 Å². The van der Waals surface area contributed by atoms with Crippen molar-refractivity contribution in [3.63, 3.8) is 0 Å². The smallest absolute Gasteiger partial charge is 0.303 e. The molecule has 2 aromatic rings. The van der Waals surface area contributed by atoms with Gasteiger partial charge in [-0.1, -0.05) is 6.92 Å². The van der Waals surface area contributed by atoms with Gasteiger partial charge in [0.15, 0.2) is 0 Å². The molecule has 0 aliphatic heterocycles. The number of benzene rings is 1. The highest BCUT2D eigenvalue weighted by molar-refractivity contribution is 5.90. The summed E-state index contributed by atoms with van der Waals surface area (Å²) in [6.45, 7) is 3.62. The molecule has 2 N–H and O–H groups in total. The first-order chi connectivity index (χ1) is 10.9. The number of halogens is 1. The van der Waals surface area contributed by atoms with E-state index in [1.54, 1.807) is 13.8 Å². The molecule has 0 spiro atoms. The molecule has 1 aromatic heterocycles. The molecule has 0 radical (unpaired) electrons. The van der Waals surface area contributed by atoms with Crippen LogP contribution in [0, 0.1) is 18.7 Å². The second-order valence-electron chi connectivity index (χ2n) is 5.28. The summed E-state index contributed by atoms with van der Waals surface area (Å²) in [6, 6.07) is 5.66. The molecule has 0 fully saturated rings. The number of carbonyl (C=O) groups is 2. The third-order valence-corrected chi connectivity index (χ3v) is 3.18. The van der Waals surface area contributed by atoms with Crippen LogP contribution in [0.2, 0.25) is 0 Å². The molecule has 23 heavy (non-hydrogen) atoms. The van der Waals surface area contributed by atoms with E-state index in [4.69, 9.17) is 5.11 Å². The second-order valence-corrected chi connectivity index (χ2v) is 5.28. The van der Waals surface area contributed by atoms with Crippen LogP contribution in [0.3, 0.4) is 0 Å². The third kappa shape index (κ3) is 4.35. The maximum atomic E-state index is 13.0. The molecule has 1 unspecified atom stereocenters. The number of carboxylic acids is 1. The van der Waals surface area contributed by atoms with Crippen LogP contribution in [0.25, 0.3) is 5.69 Å². The molecular weight excluding hydrogens is 303 g/mol. The molecule has 1 aromatic carbocycles. The van der Waals surface area contributed by atoms with Crippen molar-refractivity contribution in [2.45, 2.75) is 20.3 Å². The highest BCUT2D eigenvalue weighted by atomic mass is 19.1. The monoisotopic (exact) mass is 320 g/mol. The van der Waals surface area contributed by atoms with Crippen molar-refractivity contribution in [1.29, 1.82) is 0 Å². The summed E-state index contributed by atoms with van der Waals surface area (Å²) in [7, 11) is 0. The van der Waals surface area contributed by atoms with E-state index < -0.39 is 11.9 Å². The lowest BCUT2D eigenvalue weighted by Crippen LogP contribution is -2.30. The SMILES string of the molecule is Cc1nc(C(=O)NCC(C)CC(=O)O)nn1-c1ccc(F)cc1. The number of hydrogen-bond donors (Lipinski definition) is 2. The van der Waals surface area contributed by atoms with Crippen LogP contribution in [0.5, 0.6) is 0 Å². The van der Waals surface area contributed by atoms with Gasteiger partial charge < -0.3 is 10.4 Å². The van der Waals surface area contributed by atoms with Crippen LogP contribution in [-0.4, -0.2) is 38.3 Å². The van der Waals surface area contributed by atoms with E-state index in [2.05, 4.69) is 15.4 Å². The Morgan fingerprint density at radius 2 is 2.00 bits per heavy atom. The number of aromatic nitrogens is 3. The topological polar surface area (TPSA) is 97.1 Å². The van der Waals surface area contributed by atoms with Gasteiger partial charge in [-0.25, -0.2) is 14.1 Å². The molecule has 0 aliphatic rings. The Kier molecular flexibility index (Phi) is 5.05. The number of amides is 1. The van der Waals surface area contributed by atoms with Gasteiger partial charge in [0, 0.05) is 13.0 Å². The van der Waals surface area contributed by atoms with E-state index in [-0.39, 0.29) is 30.5 Å². The number of nitrogens with zero attached hydrogens (tertiary/aromatic N) is 3. The van der Waals surface area contributed by atoms with Crippen LogP contribution in [0.4, 0.5) is 4.39 Å². The summed E-state index contributed by atoms with van der Waals surface area (Å²) >= 11 is 0. The largest absolute Gasteiger partial charge is 0.481 e. The van der Waals surface area contributed by atoms with Gasteiger partial charge >= 0.3 is 5.97 Å². The maximum absolute atomic E-state index is 13.0. The Hall–Kier alpha value is -2.77. The van der Waals surface area contributed by atoms with Crippen LogP contribution < -0.4 is 5.32 Å². The maximum Gasteiger partial charge on any atom is 0.303 e. The Labute approximate surface area is 132 Å². The average molecular weight is 320 g/mol. The Morgan fingerprint density at radius 1 is 1.35 bits per heavy atom. The zero-order valence-corrected chi connectivity index (χ0v) is 12.8. The molecule has 122 valence electrons. The highest BCUT2D eigenvalue weighted by Gasteiger charge is 2.16. The molecule has 1 heterocycles. The summed E-state index contributed by atoms with van der Waals surface area (Å²) in [6.07, 6.45) is -0.0310. The number of aryl methyl sites for hydroxylation is 1. The number of rotatable bonds is 6. The number of carbonyl (C=O) groups excluding carboxylic acids is 1. The first-order valence-corrected chi connectivity index (χ1v) is 7.06. The summed E-state index contributed by atoms with van der Waals surface area (Å²) < 4.78 is 14.4. The van der Waals surface area contributed by atoms with E-state index in [0.29, 0.717) is 11.5 Å². The number of carboxylic acid groups (broad SMARTS) is 1. The van der Waals surface area contributed by atoms with Crippen LogP contribution in [-0.2, 0) is 4.79 Å². The molecule has 2 rings (SSSR count). The fraction of sp³-hybridized carbons (Fsp3) is 0.333. The fourth-order valence-electron chi connectivity index (χ4n) is 2.03. The molecular formula is C15H17FN4O3. The third-order valence-electron chi connectivity index (χ3n) is 3.18. The molecule has 0 bridgehead atoms. The standard InChI is InChI=1S/C15H17FN4O3/c1-9(7-13(21)22)8-17-15(23)14-18-10(2)20(19-14)12-5-3-11(16)4-6-12/h3-6,9H,7-8H2,1-2H3,(H,17,23)(H,21,22). The number of nitrogens with one attached hydrogen (secondary N) is 1.